The molecule has 3 rings (SSSR count). The standard InChI is InChI=1S/C20H30NO7S2Si/c1-5-12(6-2)15(23)27-10-28-16(24)14-17(29-13-7-8-31(26)9-13)30-19-20(4,11(3)22)18(25)21(14)19/h11-13,19,22,26H,5-10H2,1-4H3/t11-,13+,19?,20+/m1/s1. The van der Waals surface area contributed by atoms with Gasteiger partial charge in [-0.3, -0.25) is 14.5 Å². The Morgan fingerprint density at radius 2 is 2.03 bits per heavy atom. The van der Waals surface area contributed by atoms with Gasteiger partial charge in [-0.1, -0.05) is 25.6 Å². The van der Waals surface area contributed by atoms with Crippen molar-refractivity contribution in [3.05, 3.63) is 9.93 Å². The minimum absolute atomic E-state index is 0.153. The van der Waals surface area contributed by atoms with Gasteiger partial charge in [-0.2, -0.15) is 0 Å². The van der Waals surface area contributed by atoms with E-state index >= 15 is 0 Å². The van der Waals surface area contributed by atoms with Crippen molar-refractivity contribution in [3.8, 4) is 0 Å². The van der Waals surface area contributed by atoms with Crippen LogP contribution in [0.4, 0.5) is 0 Å². The highest BCUT2D eigenvalue weighted by atomic mass is 32.2. The van der Waals surface area contributed by atoms with Gasteiger partial charge < -0.3 is 19.4 Å². The highest BCUT2D eigenvalue weighted by Gasteiger charge is 2.66. The Hall–Kier alpha value is -1.01. The summed E-state index contributed by atoms with van der Waals surface area (Å²) >= 11 is 2.88. The lowest BCUT2D eigenvalue weighted by atomic mass is 9.75. The fraction of sp³-hybridized carbons (Fsp3) is 0.750. The predicted molar refractivity (Wildman–Crippen MR) is 120 cm³/mol. The molecule has 0 aromatic rings. The van der Waals surface area contributed by atoms with Crippen LogP contribution in [0.25, 0.3) is 0 Å². The zero-order chi connectivity index (χ0) is 22.9. The summed E-state index contributed by atoms with van der Waals surface area (Å²) in [6, 6.07) is 1.53. The maximum Gasteiger partial charge on any atom is 0.359 e. The molecule has 0 aliphatic carbocycles. The van der Waals surface area contributed by atoms with Gasteiger partial charge in [0, 0.05) is 5.25 Å². The molecule has 3 aliphatic heterocycles. The third-order valence-electron chi connectivity index (χ3n) is 6.34. The summed E-state index contributed by atoms with van der Waals surface area (Å²) < 4.78 is 11.0. The van der Waals surface area contributed by atoms with E-state index in [2.05, 4.69) is 0 Å². The molecule has 2 fully saturated rings. The molecule has 8 nitrogen and oxygen atoms in total. The molecule has 31 heavy (non-hydrogen) atoms. The first-order chi connectivity index (χ1) is 14.6. The Morgan fingerprint density at radius 3 is 2.58 bits per heavy atom. The normalized spacial score (nSPS) is 29.3. The molecule has 173 valence electrons. The zero-order valence-corrected chi connectivity index (χ0v) is 20.9. The van der Waals surface area contributed by atoms with Gasteiger partial charge >= 0.3 is 11.9 Å². The molecule has 3 aliphatic rings. The van der Waals surface area contributed by atoms with Gasteiger partial charge in [-0.05, 0) is 45.2 Å². The third kappa shape index (κ3) is 4.57. The van der Waals surface area contributed by atoms with E-state index in [9.17, 15) is 24.3 Å². The van der Waals surface area contributed by atoms with Gasteiger partial charge in [-0.25, -0.2) is 4.79 Å². The first kappa shape index (κ1) is 24.6. The van der Waals surface area contributed by atoms with Crippen LogP contribution in [0.1, 0.15) is 47.0 Å². The maximum absolute atomic E-state index is 12.9. The predicted octanol–water partition coefficient (Wildman–Crippen LogP) is 2.43. The average molecular weight is 489 g/mol. The van der Waals surface area contributed by atoms with Gasteiger partial charge in [-0.15, -0.1) is 11.8 Å². The summed E-state index contributed by atoms with van der Waals surface area (Å²) in [5.74, 6) is -1.69. The molecule has 4 atom stereocenters. The molecular weight excluding hydrogens is 458 g/mol. The number of nitrogens with zero attached hydrogens (tertiary/aromatic N) is 1. The van der Waals surface area contributed by atoms with Gasteiger partial charge in [0.2, 0.25) is 21.7 Å². The summed E-state index contributed by atoms with van der Waals surface area (Å²) in [6.45, 7) is 6.55. The Labute approximate surface area is 192 Å². The summed E-state index contributed by atoms with van der Waals surface area (Å²) in [7, 11) is -1.32. The van der Waals surface area contributed by atoms with E-state index < -0.39 is 44.7 Å². The number of aliphatic hydroxyl groups excluding tert-OH is 1. The Bertz CT molecular complexity index is 773. The second-order valence-corrected chi connectivity index (χ2v) is 13.0. The first-order valence-corrected chi connectivity index (χ1v) is 14.2. The van der Waals surface area contributed by atoms with Gasteiger partial charge in [0.05, 0.1) is 16.3 Å². The number of hydrogen-bond donors (Lipinski definition) is 2. The topological polar surface area (TPSA) is 113 Å². The van der Waals surface area contributed by atoms with Crippen molar-refractivity contribution in [2.75, 3.05) is 6.79 Å². The maximum atomic E-state index is 12.9. The van der Waals surface area contributed by atoms with Crippen LogP contribution in [0.2, 0.25) is 12.1 Å². The van der Waals surface area contributed by atoms with Crippen molar-refractivity contribution in [3.63, 3.8) is 0 Å². The van der Waals surface area contributed by atoms with Gasteiger partial charge in [0.25, 0.3) is 0 Å². The van der Waals surface area contributed by atoms with E-state index in [4.69, 9.17) is 9.47 Å². The summed E-state index contributed by atoms with van der Waals surface area (Å²) in [5, 5.41) is 9.98. The van der Waals surface area contributed by atoms with E-state index in [-0.39, 0.29) is 22.8 Å². The molecule has 0 bridgehead atoms. The molecule has 0 aromatic carbocycles. The number of esters is 2. The van der Waals surface area contributed by atoms with Crippen molar-refractivity contribution >= 4 is 50.4 Å². The van der Waals surface area contributed by atoms with Crippen molar-refractivity contribution in [1.29, 1.82) is 0 Å². The number of carbonyl (C=O) groups is 3. The van der Waals surface area contributed by atoms with Crippen molar-refractivity contribution in [2.45, 2.75) is 75.8 Å². The lowest BCUT2D eigenvalue weighted by molar-refractivity contribution is -0.177. The molecule has 0 aromatic heterocycles. The van der Waals surface area contributed by atoms with E-state index in [1.54, 1.807) is 13.8 Å². The quantitative estimate of drug-likeness (QED) is 0.219. The fourth-order valence-corrected chi connectivity index (χ4v) is 9.79. The lowest BCUT2D eigenvalue weighted by Gasteiger charge is -2.52. The molecular formula is C20H30NO7S2Si. The lowest BCUT2D eigenvalue weighted by Crippen LogP contribution is -2.68. The van der Waals surface area contributed by atoms with Crippen LogP contribution in [0.15, 0.2) is 9.93 Å². The molecule has 0 saturated carbocycles. The van der Waals surface area contributed by atoms with E-state index in [0.29, 0.717) is 17.1 Å². The summed E-state index contributed by atoms with van der Waals surface area (Å²) in [4.78, 5) is 49.2. The number of ether oxygens (including phenoxy) is 2. The monoisotopic (exact) mass is 488 g/mol. The SMILES string of the molecule is CCC(CC)C(=O)OCOC(=O)C1=C(S[C@H]2CC[Si](O)C2)SC2N1C(=O)[C@]2(C)[C@@H](C)O. The minimum Gasteiger partial charge on any atom is -0.431 e. The molecule has 2 N–H and O–H groups in total. The van der Waals surface area contributed by atoms with E-state index in [1.807, 2.05) is 13.8 Å². The number of hydrogen-bond acceptors (Lipinski definition) is 9. The number of carbonyl (C=O) groups excluding carboxylic acids is 3. The number of amides is 1. The zero-order valence-electron chi connectivity index (χ0n) is 18.3. The van der Waals surface area contributed by atoms with Crippen molar-refractivity contribution in [2.24, 2.45) is 11.3 Å². The number of rotatable bonds is 9. The molecule has 3 heterocycles. The Morgan fingerprint density at radius 1 is 1.35 bits per heavy atom. The van der Waals surface area contributed by atoms with Crippen molar-refractivity contribution in [1.82, 2.24) is 4.90 Å². The van der Waals surface area contributed by atoms with Crippen LogP contribution < -0.4 is 0 Å². The second kappa shape index (κ2) is 9.86. The molecule has 1 unspecified atom stereocenters. The molecule has 2 saturated heterocycles. The number of fused-ring (bicyclic) bond motifs is 1. The Kier molecular flexibility index (Phi) is 7.83. The van der Waals surface area contributed by atoms with Crippen LogP contribution in [0.5, 0.6) is 0 Å². The minimum atomic E-state index is -1.32. The summed E-state index contributed by atoms with van der Waals surface area (Å²) in [5.41, 5.74) is -0.831. The molecule has 11 heteroatoms. The Balaban J connectivity index is 1.73. The summed E-state index contributed by atoms with van der Waals surface area (Å²) in [6.07, 6.45) is 1.28. The molecule has 1 amide bonds. The fourth-order valence-electron chi connectivity index (χ4n) is 3.97. The van der Waals surface area contributed by atoms with Crippen LogP contribution in [-0.2, 0) is 23.9 Å². The largest absolute Gasteiger partial charge is 0.431 e. The highest BCUT2D eigenvalue weighted by Crippen LogP contribution is 2.60. The van der Waals surface area contributed by atoms with E-state index in [0.717, 1.165) is 18.5 Å². The number of thioether (sulfide) groups is 2. The van der Waals surface area contributed by atoms with Crippen LogP contribution in [0, 0.1) is 11.3 Å². The number of aliphatic hydroxyl groups is 1. The van der Waals surface area contributed by atoms with Gasteiger partial charge in [0.1, 0.15) is 10.8 Å². The average Bonchev–Trinajstić information content (AvgIpc) is 3.30. The van der Waals surface area contributed by atoms with Gasteiger partial charge in [0.15, 0.2) is 5.70 Å². The smallest absolute Gasteiger partial charge is 0.359 e. The van der Waals surface area contributed by atoms with Crippen LogP contribution in [0.3, 0.4) is 0 Å². The van der Waals surface area contributed by atoms with Crippen LogP contribution >= 0.6 is 23.5 Å². The van der Waals surface area contributed by atoms with E-state index in [1.165, 1.54) is 28.4 Å². The second-order valence-electron chi connectivity index (χ2n) is 8.32. The van der Waals surface area contributed by atoms with Crippen molar-refractivity contribution < 1.29 is 33.8 Å². The molecule has 0 spiro atoms. The number of β-lactam (4-membered cyclic amide) rings is 1. The molecule has 1 radical (unpaired) electrons. The van der Waals surface area contributed by atoms with Crippen LogP contribution in [-0.4, -0.2) is 65.2 Å². The third-order valence-corrected chi connectivity index (χ3v) is 11.5. The highest BCUT2D eigenvalue weighted by molar-refractivity contribution is 8.23. The first-order valence-electron chi connectivity index (χ1n) is 10.6.